The van der Waals surface area contributed by atoms with Gasteiger partial charge in [-0.05, 0) is 55.9 Å². The number of halogens is 1. The molecule has 2 aliphatic rings. The van der Waals surface area contributed by atoms with Gasteiger partial charge in [0.2, 0.25) is 0 Å². The van der Waals surface area contributed by atoms with Crippen LogP contribution in [0.25, 0.3) is 0 Å². The van der Waals surface area contributed by atoms with Crippen LogP contribution in [-0.4, -0.2) is 21.3 Å². The Bertz CT molecular complexity index is 690. The van der Waals surface area contributed by atoms with Gasteiger partial charge in [0, 0.05) is 29.7 Å². The maximum atomic E-state index is 4.45. The number of aromatic nitrogens is 3. The highest BCUT2D eigenvalue weighted by Crippen LogP contribution is 2.39. The molecule has 0 unspecified atom stereocenters. The molecule has 2 heterocycles. The van der Waals surface area contributed by atoms with Crippen molar-refractivity contribution in [1.82, 2.24) is 14.8 Å². The summed E-state index contributed by atoms with van der Waals surface area (Å²) in [6.07, 6.45) is 6.20. The van der Waals surface area contributed by atoms with E-state index in [1.54, 1.807) is 0 Å². The van der Waals surface area contributed by atoms with Gasteiger partial charge in [-0.25, -0.2) is 0 Å². The summed E-state index contributed by atoms with van der Waals surface area (Å²) in [6.45, 7) is 1.95. The molecule has 1 aromatic heterocycles. The number of hydrogen-bond donors (Lipinski definition) is 0. The van der Waals surface area contributed by atoms with Gasteiger partial charge in [-0.1, -0.05) is 15.9 Å². The number of anilines is 1. The van der Waals surface area contributed by atoms with Crippen LogP contribution in [0, 0.1) is 0 Å². The Labute approximate surface area is 139 Å². The van der Waals surface area contributed by atoms with E-state index >= 15 is 0 Å². The number of hydrogen-bond acceptors (Lipinski definition) is 3. The molecule has 0 spiro atoms. The molecule has 0 saturated heterocycles. The average molecular weight is 361 g/mol. The second kappa shape index (κ2) is 5.69. The van der Waals surface area contributed by atoms with E-state index in [4.69, 9.17) is 0 Å². The van der Waals surface area contributed by atoms with Crippen molar-refractivity contribution >= 4 is 21.6 Å². The smallest absolute Gasteiger partial charge is 0.152 e. The van der Waals surface area contributed by atoms with E-state index in [0.29, 0.717) is 5.92 Å². The molecule has 4 nitrogen and oxygen atoms in total. The molecule has 116 valence electrons. The van der Waals surface area contributed by atoms with Crippen LogP contribution < -0.4 is 4.90 Å². The lowest BCUT2D eigenvalue weighted by atomic mass is 10.1. The molecule has 4 rings (SSSR count). The quantitative estimate of drug-likeness (QED) is 0.834. The van der Waals surface area contributed by atoms with E-state index in [-0.39, 0.29) is 0 Å². The third-order valence-corrected chi connectivity index (χ3v) is 5.27. The summed E-state index contributed by atoms with van der Waals surface area (Å²) in [5.41, 5.74) is 2.80. The van der Waals surface area contributed by atoms with Crippen LogP contribution in [0.3, 0.4) is 0 Å². The molecular formula is C17H21BrN4. The average Bonchev–Trinajstić information content (AvgIpc) is 3.29. The van der Waals surface area contributed by atoms with Crippen molar-refractivity contribution in [1.29, 1.82) is 0 Å². The Morgan fingerprint density at radius 3 is 2.91 bits per heavy atom. The van der Waals surface area contributed by atoms with E-state index in [9.17, 15) is 0 Å². The molecule has 0 N–H and O–H groups in total. The molecule has 22 heavy (non-hydrogen) atoms. The van der Waals surface area contributed by atoms with E-state index in [1.807, 2.05) is 0 Å². The minimum atomic E-state index is 0.652. The minimum Gasteiger partial charge on any atom is -0.364 e. The van der Waals surface area contributed by atoms with Gasteiger partial charge in [-0.3, -0.25) is 0 Å². The first-order valence-corrected chi connectivity index (χ1v) is 8.93. The third kappa shape index (κ3) is 2.67. The van der Waals surface area contributed by atoms with Crippen LogP contribution in [-0.2, 0) is 20.0 Å². The summed E-state index contributed by atoms with van der Waals surface area (Å²) in [5.74, 6) is 2.90. The summed E-state index contributed by atoms with van der Waals surface area (Å²) in [7, 11) is 2.11. The van der Waals surface area contributed by atoms with Crippen LogP contribution >= 0.6 is 15.9 Å². The second-order valence-electron chi connectivity index (χ2n) is 6.46. The SMILES string of the molecule is Cn1c(CN2CCCCc3cc(Br)ccc32)nnc1C1CC1. The van der Waals surface area contributed by atoms with Gasteiger partial charge in [0.15, 0.2) is 5.82 Å². The molecule has 0 bridgehead atoms. The topological polar surface area (TPSA) is 34.0 Å². The lowest BCUT2D eigenvalue weighted by Gasteiger charge is -2.24. The summed E-state index contributed by atoms with van der Waals surface area (Å²) in [6, 6.07) is 6.65. The predicted octanol–water partition coefficient (Wildman–Crippen LogP) is 3.80. The van der Waals surface area contributed by atoms with Gasteiger partial charge in [0.05, 0.1) is 6.54 Å². The predicted molar refractivity (Wildman–Crippen MR) is 91.1 cm³/mol. The first kappa shape index (κ1) is 14.2. The third-order valence-electron chi connectivity index (χ3n) is 4.78. The molecule has 5 heteroatoms. The minimum absolute atomic E-state index is 0.652. The number of nitrogens with zero attached hydrogens (tertiary/aromatic N) is 4. The number of aryl methyl sites for hydroxylation is 1. The summed E-state index contributed by atoms with van der Waals surface area (Å²) < 4.78 is 3.38. The Balaban J connectivity index is 1.62. The fourth-order valence-corrected chi connectivity index (χ4v) is 3.75. The zero-order valence-electron chi connectivity index (χ0n) is 12.9. The Morgan fingerprint density at radius 1 is 1.23 bits per heavy atom. The monoisotopic (exact) mass is 360 g/mol. The van der Waals surface area contributed by atoms with Crippen molar-refractivity contribution in [3.63, 3.8) is 0 Å². The number of rotatable bonds is 3. The van der Waals surface area contributed by atoms with E-state index < -0.39 is 0 Å². The van der Waals surface area contributed by atoms with Gasteiger partial charge in [0.1, 0.15) is 5.82 Å². The van der Waals surface area contributed by atoms with Crippen LogP contribution in [0.1, 0.15) is 48.8 Å². The van der Waals surface area contributed by atoms with Crippen molar-refractivity contribution in [3.05, 3.63) is 39.9 Å². The molecule has 1 aromatic carbocycles. The molecular weight excluding hydrogens is 340 g/mol. The number of fused-ring (bicyclic) bond motifs is 1. The molecule has 1 aliphatic carbocycles. The molecule has 1 aliphatic heterocycles. The van der Waals surface area contributed by atoms with E-state index in [0.717, 1.165) is 25.3 Å². The maximum absolute atomic E-state index is 4.45. The Kier molecular flexibility index (Phi) is 3.68. The lowest BCUT2D eigenvalue weighted by molar-refractivity contribution is 0.672. The van der Waals surface area contributed by atoms with Crippen LogP contribution in [0.15, 0.2) is 22.7 Å². The normalized spacial score (nSPS) is 18.2. The van der Waals surface area contributed by atoms with Gasteiger partial charge in [-0.15, -0.1) is 10.2 Å². The zero-order chi connectivity index (χ0) is 15.1. The first-order chi connectivity index (χ1) is 10.7. The van der Waals surface area contributed by atoms with E-state index in [2.05, 4.69) is 60.8 Å². The number of benzene rings is 1. The molecule has 0 amide bonds. The standard InChI is InChI=1S/C17H21BrN4/c1-21-16(19-20-17(21)12-5-6-12)11-22-9-3-2-4-13-10-14(18)7-8-15(13)22/h7-8,10,12H,2-6,9,11H2,1H3. The van der Waals surface area contributed by atoms with Gasteiger partial charge >= 0.3 is 0 Å². The highest BCUT2D eigenvalue weighted by molar-refractivity contribution is 9.10. The molecule has 1 saturated carbocycles. The summed E-state index contributed by atoms with van der Waals surface area (Å²) in [4.78, 5) is 2.47. The summed E-state index contributed by atoms with van der Waals surface area (Å²) >= 11 is 3.60. The van der Waals surface area contributed by atoms with Crippen molar-refractivity contribution < 1.29 is 0 Å². The molecule has 0 atom stereocenters. The molecule has 0 radical (unpaired) electrons. The lowest BCUT2D eigenvalue weighted by Crippen LogP contribution is -2.25. The fourth-order valence-electron chi connectivity index (χ4n) is 3.35. The highest BCUT2D eigenvalue weighted by Gasteiger charge is 2.29. The zero-order valence-corrected chi connectivity index (χ0v) is 14.5. The first-order valence-electron chi connectivity index (χ1n) is 8.14. The van der Waals surface area contributed by atoms with Gasteiger partial charge in [-0.2, -0.15) is 0 Å². The van der Waals surface area contributed by atoms with E-state index in [1.165, 1.54) is 47.2 Å². The van der Waals surface area contributed by atoms with Gasteiger partial charge < -0.3 is 9.47 Å². The highest BCUT2D eigenvalue weighted by atomic mass is 79.9. The van der Waals surface area contributed by atoms with Gasteiger partial charge in [0.25, 0.3) is 0 Å². The van der Waals surface area contributed by atoms with Crippen molar-refractivity contribution in [2.24, 2.45) is 7.05 Å². The molecule has 1 fully saturated rings. The molecule has 2 aromatic rings. The summed E-state index contributed by atoms with van der Waals surface area (Å²) in [5, 5.41) is 8.87. The van der Waals surface area contributed by atoms with Crippen LogP contribution in [0.5, 0.6) is 0 Å². The maximum Gasteiger partial charge on any atom is 0.152 e. The van der Waals surface area contributed by atoms with Crippen molar-refractivity contribution in [2.75, 3.05) is 11.4 Å². The fraction of sp³-hybridized carbons (Fsp3) is 0.529. The second-order valence-corrected chi connectivity index (χ2v) is 7.38. The van der Waals surface area contributed by atoms with Crippen molar-refractivity contribution in [2.45, 2.75) is 44.6 Å². The van der Waals surface area contributed by atoms with Crippen molar-refractivity contribution in [3.8, 4) is 0 Å². The largest absolute Gasteiger partial charge is 0.364 e. The Hall–Kier alpha value is -1.36. The Morgan fingerprint density at radius 2 is 2.09 bits per heavy atom. The van der Waals surface area contributed by atoms with Crippen LogP contribution in [0.2, 0.25) is 0 Å². The van der Waals surface area contributed by atoms with Crippen LogP contribution in [0.4, 0.5) is 5.69 Å².